The first-order valence-corrected chi connectivity index (χ1v) is 6.13. The van der Waals surface area contributed by atoms with E-state index in [1.54, 1.807) is 6.07 Å². The number of amides is 2. The van der Waals surface area contributed by atoms with Crippen LogP contribution in [0.25, 0.3) is 0 Å². The fourth-order valence-electron chi connectivity index (χ4n) is 1.70. The van der Waals surface area contributed by atoms with E-state index >= 15 is 0 Å². The van der Waals surface area contributed by atoms with Gasteiger partial charge in [-0.15, -0.1) is 0 Å². The number of nitrogens with zero attached hydrogens (tertiary/aromatic N) is 3. The molecule has 1 aromatic rings. The van der Waals surface area contributed by atoms with Crippen molar-refractivity contribution in [3.8, 4) is 0 Å². The number of nitrogens with one attached hydrogen (secondary N) is 1. The molecule has 0 spiro atoms. The monoisotopic (exact) mass is 313 g/mol. The van der Waals surface area contributed by atoms with Crippen molar-refractivity contribution < 1.29 is 9.59 Å². The Bertz CT molecular complexity index is 487. The zero-order valence-corrected chi connectivity index (χ0v) is 11.3. The molecule has 18 heavy (non-hydrogen) atoms. The van der Waals surface area contributed by atoms with Gasteiger partial charge < -0.3 is 11.1 Å². The molecule has 0 radical (unpaired) electrons. The Morgan fingerprint density at radius 1 is 1.50 bits per heavy atom. The van der Waals surface area contributed by atoms with Crippen LogP contribution in [0, 0.1) is 0 Å². The van der Waals surface area contributed by atoms with Gasteiger partial charge in [-0.05, 0) is 22.4 Å². The maximum atomic E-state index is 11.9. The van der Waals surface area contributed by atoms with Crippen molar-refractivity contribution in [3.63, 3.8) is 0 Å². The van der Waals surface area contributed by atoms with Crippen LogP contribution in [0.5, 0.6) is 0 Å². The third kappa shape index (κ3) is 2.58. The van der Waals surface area contributed by atoms with E-state index in [9.17, 15) is 9.59 Å². The first-order chi connectivity index (χ1) is 8.47. The van der Waals surface area contributed by atoms with Gasteiger partial charge in [0.25, 0.3) is 5.91 Å². The highest BCUT2D eigenvalue weighted by Crippen LogP contribution is 2.17. The summed E-state index contributed by atoms with van der Waals surface area (Å²) in [5, 5.41) is 2.89. The van der Waals surface area contributed by atoms with Crippen LogP contribution in [0.3, 0.4) is 0 Å². The van der Waals surface area contributed by atoms with E-state index in [1.807, 2.05) is 0 Å². The molecule has 0 aliphatic carbocycles. The lowest BCUT2D eigenvalue weighted by Crippen LogP contribution is -2.48. The smallest absolute Gasteiger partial charge is 0.251 e. The lowest BCUT2D eigenvalue weighted by molar-refractivity contribution is -0.146. The fraction of sp³-hybridized carbons (Fsp3) is 0.400. The Morgan fingerprint density at radius 2 is 2.22 bits per heavy atom. The van der Waals surface area contributed by atoms with Gasteiger partial charge in [0, 0.05) is 19.5 Å². The Labute approximate surface area is 112 Å². The normalized spacial score (nSPS) is 20.1. The Balaban J connectivity index is 2.14. The second-order valence-corrected chi connectivity index (χ2v) is 4.78. The van der Waals surface area contributed by atoms with Crippen molar-refractivity contribution in [2.45, 2.75) is 18.9 Å². The predicted octanol–water partition coefficient (Wildman–Crippen LogP) is 0.381. The standard InChI is InChI=1S/C10H12BrN5O2/c1-16-8(17)3-2-5(9(16)18)13-10-14-6(11)4-7(12)15-10/h4-5H,2-3H2,1H3,(H3,12,13,14,15). The summed E-state index contributed by atoms with van der Waals surface area (Å²) in [4.78, 5) is 32.3. The highest BCUT2D eigenvalue weighted by atomic mass is 79.9. The predicted molar refractivity (Wildman–Crippen MR) is 68.6 cm³/mol. The quantitative estimate of drug-likeness (QED) is 0.604. The molecule has 0 bridgehead atoms. The summed E-state index contributed by atoms with van der Waals surface area (Å²) in [7, 11) is 1.47. The van der Waals surface area contributed by atoms with Crippen LogP contribution >= 0.6 is 15.9 Å². The van der Waals surface area contributed by atoms with Crippen LogP contribution in [-0.2, 0) is 9.59 Å². The van der Waals surface area contributed by atoms with E-state index in [4.69, 9.17) is 5.73 Å². The average Bonchev–Trinajstić information content (AvgIpc) is 2.29. The highest BCUT2D eigenvalue weighted by Gasteiger charge is 2.32. The summed E-state index contributed by atoms with van der Waals surface area (Å²) >= 11 is 3.19. The zero-order valence-electron chi connectivity index (χ0n) is 9.68. The number of piperidine rings is 1. The molecule has 8 heteroatoms. The molecule has 1 aliphatic rings. The van der Waals surface area contributed by atoms with Crippen molar-refractivity contribution in [1.82, 2.24) is 14.9 Å². The van der Waals surface area contributed by atoms with Crippen LogP contribution in [0.2, 0.25) is 0 Å². The zero-order chi connectivity index (χ0) is 13.3. The second-order valence-electron chi connectivity index (χ2n) is 3.97. The average molecular weight is 314 g/mol. The van der Waals surface area contributed by atoms with E-state index in [1.165, 1.54) is 7.05 Å². The SMILES string of the molecule is CN1C(=O)CCC(Nc2nc(N)cc(Br)n2)C1=O. The van der Waals surface area contributed by atoms with Gasteiger partial charge in [0.1, 0.15) is 16.5 Å². The summed E-state index contributed by atoms with van der Waals surface area (Å²) in [5.74, 6) is 0.108. The third-order valence-corrected chi connectivity index (χ3v) is 3.07. The van der Waals surface area contributed by atoms with Gasteiger partial charge in [-0.3, -0.25) is 14.5 Å². The van der Waals surface area contributed by atoms with Gasteiger partial charge in [0.2, 0.25) is 11.9 Å². The van der Waals surface area contributed by atoms with Gasteiger partial charge >= 0.3 is 0 Å². The number of hydrogen-bond acceptors (Lipinski definition) is 6. The van der Waals surface area contributed by atoms with E-state index in [0.717, 1.165) is 4.90 Å². The van der Waals surface area contributed by atoms with Crippen molar-refractivity contribution in [2.24, 2.45) is 0 Å². The molecule has 7 nitrogen and oxygen atoms in total. The number of imide groups is 1. The topological polar surface area (TPSA) is 101 Å². The molecule has 1 unspecified atom stereocenters. The number of nitrogens with two attached hydrogens (primary N) is 1. The number of carbonyl (C=O) groups is 2. The van der Waals surface area contributed by atoms with Crippen molar-refractivity contribution in [1.29, 1.82) is 0 Å². The number of rotatable bonds is 2. The van der Waals surface area contributed by atoms with Gasteiger partial charge in [-0.1, -0.05) is 0 Å². The number of halogens is 1. The lowest BCUT2D eigenvalue weighted by atomic mass is 10.1. The van der Waals surface area contributed by atoms with Gasteiger partial charge in [0.15, 0.2) is 0 Å². The first kappa shape index (κ1) is 12.7. The number of aromatic nitrogens is 2. The molecule has 96 valence electrons. The Morgan fingerprint density at radius 3 is 2.89 bits per heavy atom. The van der Waals surface area contributed by atoms with Crippen LogP contribution in [0.1, 0.15) is 12.8 Å². The number of hydrogen-bond donors (Lipinski definition) is 2. The molecule has 0 saturated carbocycles. The molecule has 1 fully saturated rings. The van der Waals surface area contributed by atoms with Crippen LogP contribution in [0.4, 0.5) is 11.8 Å². The minimum absolute atomic E-state index is 0.173. The first-order valence-electron chi connectivity index (χ1n) is 5.34. The maximum absolute atomic E-state index is 11.9. The lowest BCUT2D eigenvalue weighted by Gasteiger charge is -2.28. The summed E-state index contributed by atoms with van der Waals surface area (Å²) in [5.41, 5.74) is 5.58. The minimum atomic E-state index is -0.499. The van der Waals surface area contributed by atoms with Crippen molar-refractivity contribution >= 4 is 39.5 Å². The molecule has 2 amide bonds. The summed E-state index contributed by atoms with van der Waals surface area (Å²) in [6, 6.07) is 1.06. The number of likely N-dealkylation sites (N-methyl/N-ethyl adjacent to an activating group) is 1. The molecular formula is C10H12BrN5O2. The molecular weight excluding hydrogens is 302 g/mol. The van der Waals surface area contributed by atoms with Gasteiger partial charge in [0.05, 0.1) is 0 Å². The molecule has 1 aliphatic heterocycles. The Kier molecular flexibility index (Phi) is 3.46. The summed E-state index contributed by atoms with van der Waals surface area (Å²) in [6.45, 7) is 0. The highest BCUT2D eigenvalue weighted by molar-refractivity contribution is 9.10. The number of anilines is 2. The van der Waals surface area contributed by atoms with Crippen molar-refractivity contribution in [3.05, 3.63) is 10.7 Å². The Hall–Kier alpha value is -1.70. The largest absolute Gasteiger partial charge is 0.383 e. The van der Waals surface area contributed by atoms with Crippen LogP contribution in [-0.4, -0.2) is 39.8 Å². The summed E-state index contributed by atoms with van der Waals surface area (Å²) in [6.07, 6.45) is 0.751. The second kappa shape index (κ2) is 4.89. The number of likely N-dealkylation sites (tertiary alicyclic amines) is 1. The third-order valence-electron chi connectivity index (χ3n) is 2.67. The van der Waals surface area contributed by atoms with Crippen molar-refractivity contribution in [2.75, 3.05) is 18.1 Å². The number of carbonyl (C=O) groups excluding carboxylic acids is 2. The van der Waals surface area contributed by atoms with E-state index in [-0.39, 0.29) is 17.8 Å². The molecule has 3 N–H and O–H groups in total. The fourth-order valence-corrected chi connectivity index (χ4v) is 2.11. The molecule has 1 saturated heterocycles. The molecule has 2 rings (SSSR count). The van der Waals surface area contributed by atoms with Gasteiger partial charge in [-0.25, -0.2) is 4.98 Å². The van der Waals surface area contributed by atoms with Crippen LogP contribution < -0.4 is 11.1 Å². The maximum Gasteiger partial charge on any atom is 0.251 e. The van der Waals surface area contributed by atoms with Crippen LogP contribution in [0.15, 0.2) is 10.7 Å². The molecule has 0 aromatic carbocycles. The van der Waals surface area contributed by atoms with Gasteiger partial charge in [-0.2, -0.15) is 4.98 Å². The molecule has 1 atom stereocenters. The summed E-state index contributed by atoms with van der Waals surface area (Å²) < 4.78 is 0.533. The van der Waals surface area contributed by atoms with E-state index in [0.29, 0.717) is 23.3 Å². The molecule has 1 aromatic heterocycles. The minimum Gasteiger partial charge on any atom is -0.383 e. The van der Waals surface area contributed by atoms with E-state index < -0.39 is 6.04 Å². The number of nitrogen functional groups attached to an aromatic ring is 1. The molecule has 2 heterocycles. The van der Waals surface area contributed by atoms with E-state index in [2.05, 4.69) is 31.2 Å².